The second-order valence-corrected chi connectivity index (χ2v) is 3.96. The summed E-state index contributed by atoms with van der Waals surface area (Å²) in [5, 5.41) is 12.1. The Morgan fingerprint density at radius 3 is 2.72 bits per heavy atom. The first kappa shape index (κ1) is 12.2. The Morgan fingerprint density at radius 2 is 2.17 bits per heavy atom. The number of phenols is 1. The van der Waals surface area contributed by atoms with Gasteiger partial charge in [0.2, 0.25) is 0 Å². The van der Waals surface area contributed by atoms with Crippen molar-refractivity contribution in [3.8, 4) is 5.75 Å². The van der Waals surface area contributed by atoms with Crippen LogP contribution in [0.2, 0.25) is 0 Å². The van der Waals surface area contributed by atoms with Crippen molar-refractivity contribution < 1.29 is 9.90 Å². The van der Waals surface area contributed by atoms with Gasteiger partial charge in [-0.05, 0) is 30.7 Å². The maximum Gasteiger partial charge on any atom is 0.251 e. The van der Waals surface area contributed by atoms with Crippen molar-refractivity contribution >= 4 is 5.91 Å². The van der Waals surface area contributed by atoms with Crippen LogP contribution in [0.25, 0.3) is 0 Å². The number of aromatic nitrogens is 2. The summed E-state index contributed by atoms with van der Waals surface area (Å²) in [5.74, 6) is 0.701. The third-order valence-corrected chi connectivity index (χ3v) is 2.69. The molecule has 1 aromatic heterocycles. The monoisotopic (exact) mass is 245 g/mol. The fraction of sp³-hybridized carbons (Fsp3) is 0.231. The molecule has 94 valence electrons. The van der Waals surface area contributed by atoms with Crippen molar-refractivity contribution in [2.45, 2.75) is 19.4 Å². The second kappa shape index (κ2) is 5.35. The molecule has 0 aliphatic heterocycles. The van der Waals surface area contributed by atoms with Crippen LogP contribution < -0.4 is 5.32 Å². The van der Waals surface area contributed by atoms with Gasteiger partial charge in [0, 0.05) is 18.0 Å². The van der Waals surface area contributed by atoms with E-state index in [1.165, 1.54) is 12.1 Å². The SMILES string of the molecule is CCC(NC(=O)c1ccc(O)cc1)c1ncc[nH]1. The number of aromatic hydroxyl groups is 1. The Kier molecular flexibility index (Phi) is 3.62. The molecule has 1 aromatic carbocycles. The lowest BCUT2D eigenvalue weighted by atomic mass is 10.1. The lowest BCUT2D eigenvalue weighted by Gasteiger charge is -2.14. The molecule has 0 radical (unpaired) electrons. The fourth-order valence-electron chi connectivity index (χ4n) is 1.69. The number of nitrogens with zero attached hydrogens (tertiary/aromatic N) is 1. The third kappa shape index (κ3) is 2.68. The van der Waals surface area contributed by atoms with Crippen LogP contribution in [0.15, 0.2) is 36.7 Å². The van der Waals surface area contributed by atoms with Gasteiger partial charge in [-0.2, -0.15) is 0 Å². The number of H-pyrrole nitrogens is 1. The average molecular weight is 245 g/mol. The van der Waals surface area contributed by atoms with Gasteiger partial charge >= 0.3 is 0 Å². The number of imidazole rings is 1. The predicted octanol–water partition coefficient (Wildman–Crippen LogP) is 2.00. The first-order valence-corrected chi connectivity index (χ1v) is 5.80. The molecular formula is C13H15N3O2. The van der Waals surface area contributed by atoms with Crippen molar-refractivity contribution in [1.29, 1.82) is 0 Å². The van der Waals surface area contributed by atoms with E-state index in [1.807, 2.05) is 6.92 Å². The number of hydrogen-bond acceptors (Lipinski definition) is 3. The molecule has 2 aromatic rings. The lowest BCUT2D eigenvalue weighted by molar-refractivity contribution is 0.0934. The van der Waals surface area contributed by atoms with E-state index in [2.05, 4.69) is 15.3 Å². The van der Waals surface area contributed by atoms with E-state index >= 15 is 0 Å². The smallest absolute Gasteiger partial charge is 0.251 e. The van der Waals surface area contributed by atoms with E-state index in [1.54, 1.807) is 24.5 Å². The van der Waals surface area contributed by atoms with Gasteiger partial charge in [0.25, 0.3) is 5.91 Å². The lowest BCUT2D eigenvalue weighted by Crippen LogP contribution is -2.28. The molecule has 1 heterocycles. The normalized spacial score (nSPS) is 12.1. The van der Waals surface area contributed by atoms with Gasteiger partial charge < -0.3 is 15.4 Å². The molecule has 0 bridgehead atoms. The minimum atomic E-state index is -0.182. The summed E-state index contributed by atoms with van der Waals surface area (Å²) in [4.78, 5) is 19.1. The first-order valence-electron chi connectivity index (χ1n) is 5.80. The molecule has 0 aliphatic rings. The van der Waals surface area contributed by atoms with Gasteiger partial charge in [-0.25, -0.2) is 4.98 Å². The Hall–Kier alpha value is -2.30. The minimum Gasteiger partial charge on any atom is -0.508 e. The molecule has 5 nitrogen and oxygen atoms in total. The van der Waals surface area contributed by atoms with Crippen molar-refractivity contribution in [3.05, 3.63) is 48.0 Å². The van der Waals surface area contributed by atoms with Crippen LogP contribution >= 0.6 is 0 Å². The molecule has 0 fully saturated rings. The van der Waals surface area contributed by atoms with Crippen molar-refractivity contribution in [2.24, 2.45) is 0 Å². The number of nitrogens with one attached hydrogen (secondary N) is 2. The number of amides is 1. The number of hydrogen-bond donors (Lipinski definition) is 3. The largest absolute Gasteiger partial charge is 0.508 e. The highest BCUT2D eigenvalue weighted by Crippen LogP contribution is 2.14. The summed E-state index contributed by atoms with van der Waals surface area (Å²) in [6, 6.07) is 6.01. The van der Waals surface area contributed by atoms with Crippen LogP contribution in [-0.2, 0) is 0 Å². The Bertz CT molecular complexity index is 506. The summed E-state index contributed by atoms with van der Waals surface area (Å²) in [6.07, 6.45) is 4.13. The summed E-state index contributed by atoms with van der Waals surface area (Å²) in [7, 11) is 0. The number of aromatic amines is 1. The van der Waals surface area contributed by atoms with E-state index in [-0.39, 0.29) is 17.7 Å². The number of rotatable bonds is 4. The Balaban J connectivity index is 2.08. The predicted molar refractivity (Wildman–Crippen MR) is 67.2 cm³/mol. The van der Waals surface area contributed by atoms with Gasteiger partial charge in [-0.15, -0.1) is 0 Å². The Morgan fingerprint density at radius 1 is 1.44 bits per heavy atom. The molecule has 5 heteroatoms. The van der Waals surface area contributed by atoms with E-state index in [0.717, 1.165) is 12.2 Å². The van der Waals surface area contributed by atoms with Gasteiger partial charge in [0.1, 0.15) is 11.6 Å². The number of phenolic OH excluding ortho intramolecular Hbond substituents is 1. The van der Waals surface area contributed by atoms with Gasteiger partial charge in [-0.1, -0.05) is 6.92 Å². The highest BCUT2D eigenvalue weighted by Gasteiger charge is 2.15. The molecule has 18 heavy (non-hydrogen) atoms. The molecule has 1 unspecified atom stereocenters. The van der Waals surface area contributed by atoms with Crippen molar-refractivity contribution in [2.75, 3.05) is 0 Å². The molecular weight excluding hydrogens is 230 g/mol. The highest BCUT2D eigenvalue weighted by atomic mass is 16.3. The zero-order chi connectivity index (χ0) is 13.0. The number of carbonyl (C=O) groups is 1. The number of benzene rings is 1. The summed E-state index contributed by atoms with van der Waals surface area (Å²) in [5.41, 5.74) is 0.512. The Labute approximate surface area is 105 Å². The first-order chi connectivity index (χ1) is 8.70. The van der Waals surface area contributed by atoms with E-state index in [0.29, 0.717) is 5.56 Å². The number of carbonyl (C=O) groups excluding carboxylic acids is 1. The molecule has 3 N–H and O–H groups in total. The minimum absolute atomic E-state index is 0.138. The van der Waals surface area contributed by atoms with Crippen LogP contribution in [0.1, 0.15) is 35.6 Å². The fourth-order valence-corrected chi connectivity index (χ4v) is 1.69. The summed E-state index contributed by atoms with van der Waals surface area (Å²) in [6.45, 7) is 1.98. The van der Waals surface area contributed by atoms with E-state index < -0.39 is 0 Å². The quantitative estimate of drug-likeness (QED) is 0.770. The third-order valence-electron chi connectivity index (χ3n) is 2.69. The molecule has 0 spiro atoms. The highest BCUT2D eigenvalue weighted by molar-refractivity contribution is 5.94. The van der Waals surface area contributed by atoms with E-state index in [4.69, 9.17) is 0 Å². The maximum atomic E-state index is 12.0. The zero-order valence-electron chi connectivity index (χ0n) is 10.1. The molecule has 0 saturated heterocycles. The molecule has 0 saturated carbocycles. The summed E-state index contributed by atoms with van der Waals surface area (Å²) < 4.78 is 0. The maximum absolute atomic E-state index is 12.0. The van der Waals surface area contributed by atoms with Gasteiger partial charge in [0.05, 0.1) is 6.04 Å². The van der Waals surface area contributed by atoms with Crippen LogP contribution in [0.4, 0.5) is 0 Å². The standard InChI is InChI=1S/C13H15N3O2/c1-2-11(12-14-7-8-15-12)16-13(18)9-3-5-10(17)6-4-9/h3-8,11,17H,2H2,1H3,(H,14,15)(H,16,18). The summed E-state index contributed by atoms with van der Waals surface area (Å²) >= 11 is 0. The zero-order valence-corrected chi connectivity index (χ0v) is 10.1. The van der Waals surface area contributed by atoms with Crippen LogP contribution in [0, 0.1) is 0 Å². The topological polar surface area (TPSA) is 78.0 Å². The van der Waals surface area contributed by atoms with Crippen LogP contribution in [0.3, 0.4) is 0 Å². The van der Waals surface area contributed by atoms with Crippen LogP contribution in [-0.4, -0.2) is 21.0 Å². The molecule has 1 amide bonds. The average Bonchev–Trinajstić information content (AvgIpc) is 2.90. The van der Waals surface area contributed by atoms with Crippen LogP contribution in [0.5, 0.6) is 5.75 Å². The molecule has 1 atom stereocenters. The van der Waals surface area contributed by atoms with Gasteiger partial charge in [-0.3, -0.25) is 4.79 Å². The van der Waals surface area contributed by atoms with Gasteiger partial charge in [0.15, 0.2) is 0 Å². The van der Waals surface area contributed by atoms with Crippen molar-refractivity contribution in [1.82, 2.24) is 15.3 Å². The molecule has 2 rings (SSSR count). The second-order valence-electron chi connectivity index (χ2n) is 3.96. The molecule has 0 aliphatic carbocycles. The van der Waals surface area contributed by atoms with E-state index in [9.17, 15) is 9.90 Å². The van der Waals surface area contributed by atoms with Crippen molar-refractivity contribution in [3.63, 3.8) is 0 Å².